The van der Waals surface area contributed by atoms with Crippen LogP contribution in [-0.2, 0) is 19.1 Å². The molecule has 0 saturated heterocycles. The molecule has 71 heavy (non-hydrogen) atoms. The molecule has 0 aromatic heterocycles. The molecule has 0 aromatic rings. The first-order chi connectivity index (χ1) is 35.0. The van der Waals surface area contributed by atoms with E-state index in [2.05, 4.69) is 32.6 Å². The molecule has 0 rings (SSSR count). The number of ether oxygens (including phenoxy) is 2. The van der Waals surface area contributed by atoms with Crippen LogP contribution in [0.3, 0.4) is 0 Å². The van der Waals surface area contributed by atoms with Crippen LogP contribution in [0.1, 0.15) is 355 Å². The minimum atomic E-state index is 0.0742. The molecule has 0 bridgehead atoms. The van der Waals surface area contributed by atoms with Gasteiger partial charge in [0.25, 0.3) is 0 Å². The van der Waals surface area contributed by atoms with Crippen molar-refractivity contribution in [1.82, 2.24) is 4.90 Å². The van der Waals surface area contributed by atoms with Crippen molar-refractivity contribution in [2.45, 2.75) is 355 Å². The van der Waals surface area contributed by atoms with Crippen molar-refractivity contribution >= 4 is 11.9 Å². The minimum Gasteiger partial charge on any atom is -0.465 e. The van der Waals surface area contributed by atoms with E-state index in [1.807, 2.05) is 0 Å². The van der Waals surface area contributed by atoms with E-state index >= 15 is 0 Å². The summed E-state index contributed by atoms with van der Waals surface area (Å²) in [6.45, 7) is 13.8. The van der Waals surface area contributed by atoms with E-state index in [0.29, 0.717) is 13.2 Å². The molecule has 2 unspecified atom stereocenters. The fourth-order valence-corrected chi connectivity index (χ4v) is 10.7. The molecule has 0 heterocycles. The van der Waals surface area contributed by atoms with E-state index in [9.17, 15) is 14.7 Å². The molecule has 1 N–H and O–H groups in total. The SMILES string of the molecule is CCCCCCCCCCCCCC(CCCCCCCCCC)C(=O)OCCCCCCN(CCCCO)CCCCCCOC(=O)C(CCCCCCCCCC)CCCCCCCCCCCC. The van der Waals surface area contributed by atoms with Gasteiger partial charge >= 0.3 is 11.9 Å². The van der Waals surface area contributed by atoms with Gasteiger partial charge in [0.05, 0.1) is 25.0 Å². The van der Waals surface area contributed by atoms with Crippen molar-refractivity contribution in [3.63, 3.8) is 0 Å². The molecule has 2 atom stereocenters. The third-order valence-electron chi connectivity index (χ3n) is 15.6. The largest absolute Gasteiger partial charge is 0.465 e. The van der Waals surface area contributed by atoms with Gasteiger partial charge in [-0.05, 0) is 83.8 Å². The monoisotopic (exact) mass is 1000 g/mol. The molecule has 0 aliphatic rings. The Labute approximate surface area is 445 Å². The first-order valence-corrected chi connectivity index (χ1v) is 32.7. The Balaban J connectivity index is 4.59. The van der Waals surface area contributed by atoms with Gasteiger partial charge in [0.1, 0.15) is 0 Å². The lowest BCUT2D eigenvalue weighted by Gasteiger charge is -2.22. The Morgan fingerprint density at radius 2 is 0.507 bits per heavy atom. The summed E-state index contributed by atoms with van der Waals surface area (Å²) in [7, 11) is 0. The standard InChI is InChI=1S/C65H129NO5/c1-5-9-13-17-21-25-27-29-33-37-45-55-63(53-43-35-31-24-20-16-12-8-4)65(69)71-61-51-41-39-47-57-66(58-48-49-59-67)56-46-38-40-50-60-70-64(68)62(52-42-34-30-23-19-15-11-7-3)54-44-36-32-28-26-22-18-14-10-6-2/h62-63,67H,5-61H2,1-4H3. The first kappa shape index (κ1) is 69.9. The average molecular weight is 1000 g/mol. The fraction of sp³-hybridized carbons (Fsp3) is 0.969. The lowest BCUT2D eigenvalue weighted by molar-refractivity contribution is -0.150. The molecule has 424 valence electrons. The molecule has 0 aromatic carbocycles. The number of hydrogen-bond donors (Lipinski definition) is 1. The average Bonchev–Trinajstić information content (AvgIpc) is 3.37. The second kappa shape index (κ2) is 59.7. The minimum absolute atomic E-state index is 0.0742. The van der Waals surface area contributed by atoms with Crippen LogP contribution >= 0.6 is 0 Å². The molecule has 0 spiro atoms. The number of aliphatic hydroxyl groups excluding tert-OH is 1. The summed E-state index contributed by atoms with van der Waals surface area (Å²) < 4.78 is 11.9. The van der Waals surface area contributed by atoms with Crippen molar-refractivity contribution in [3.05, 3.63) is 0 Å². The van der Waals surface area contributed by atoms with Gasteiger partial charge in [0.2, 0.25) is 0 Å². The highest BCUT2D eigenvalue weighted by Crippen LogP contribution is 2.24. The normalized spacial score (nSPS) is 12.5. The Morgan fingerprint density at radius 3 is 0.761 bits per heavy atom. The smallest absolute Gasteiger partial charge is 0.308 e. The van der Waals surface area contributed by atoms with E-state index in [-0.39, 0.29) is 30.4 Å². The highest BCUT2D eigenvalue weighted by Gasteiger charge is 2.21. The van der Waals surface area contributed by atoms with Crippen molar-refractivity contribution in [2.75, 3.05) is 39.5 Å². The van der Waals surface area contributed by atoms with Crippen LogP contribution in [0.5, 0.6) is 0 Å². The van der Waals surface area contributed by atoms with Crippen LogP contribution < -0.4 is 0 Å². The fourth-order valence-electron chi connectivity index (χ4n) is 10.7. The summed E-state index contributed by atoms with van der Waals surface area (Å²) in [5.74, 6) is 0.320. The number of esters is 2. The van der Waals surface area contributed by atoms with E-state index in [1.165, 1.54) is 238 Å². The Hall–Kier alpha value is -1.14. The van der Waals surface area contributed by atoms with E-state index in [1.54, 1.807) is 0 Å². The first-order valence-electron chi connectivity index (χ1n) is 32.7. The Kier molecular flexibility index (Phi) is 58.8. The van der Waals surface area contributed by atoms with Crippen molar-refractivity contribution in [2.24, 2.45) is 11.8 Å². The molecule has 0 aliphatic heterocycles. The van der Waals surface area contributed by atoms with Gasteiger partial charge in [-0.25, -0.2) is 0 Å². The van der Waals surface area contributed by atoms with Crippen molar-refractivity contribution < 1.29 is 24.2 Å². The zero-order valence-electron chi connectivity index (χ0n) is 49.0. The number of hydrogen-bond acceptors (Lipinski definition) is 6. The quantitative estimate of drug-likeness (QED) is 0.0483. The number of rotatable bonds is 61. The summed E-state index contributed by atoms with van der Waals surface area (Å²) >= 11 is 0. The van der Waals surface area contributed by atoms with E-state index in [0.717, 1.165) is 110 Å². The van der Waals surface area contributed by atoms with Crippen LogP contribution in [0, 0.1) is 11.8 Å². The summed E-state index contributed by atoms with van der Waals surface area (Å²) in [5.41, 5.74) is 0. The van der Waals surface area contributed by atoms with Crippen LogP contribution in [0.4, 0.5) is 0 Å². The second-order valence-electron chi connectivity index (χ2n) is 22.7. The van der Waals surface area contributed by atoms with Crippen LogP contribution in [-0.4, -0.2) is 61.4 Å². The zero-order valence-corrected chi connectivity index (χ0v) is 49.0. The Bertz CT molecular complexity index is 1040. The molecule has 0 fully saturated rings. The van der Waals surface area contributed by atoms with Gasteiger partial charge in [-0.3, -0.25) is 9.59 Å². The van der Waals surface area contributed by atoms with Gasteiger partial charge in [0.15, 0.2) is 0 Å². The van der Waals surface area contributed by atoms with Crippen LogP contribution in [0.25, 0.3) is 0 Å². The van der Waals surface area contributed by atoms with Crippen molar-refractivity contribution in [3.8, 4) is 0 Å². The van der Waals surface area contributed by atoms with Gasteiger partial charge in [-0.15, -0.1) is 0 Å². The summed E-state index contributed by atoms with van der Waals surface area (Å²) in [4.78, 5) is 29.3. The number of aliphatic hydroxyl groups is 1. The molecular weight excluding hydrogens is 875 g/mol. The molecule has 6 nitrogen and oxygen atoms in total. The number of carbonyl (C=O) groups excluding carboxylic acids is 2. The van der Waals surface area contributed by atoms with E-state index < -0.39 is 0 Å². The maximum atomic E-state index is 13.3. The number of unbranched alkanes of at least 4 members (excludes halogenated alkanes) is 40. The Morgan fingerprint density at radius 1 is 0.296 bits per heavy atom. The lowest BCUT2D eigenvalue weighted by Crippen LogP contribution is -2.27. The molecule has 0 radical (unpaired) electrons. The molecule has 0 amide bonds. The third-order valence-corrected chi connectivity index (χ3v) is 15.6. The van der Waals surface area contributed by atoms with Crippen LogP contribution in [0.15, 0.2) is 0 Å². The summed E-state index contributed by atoms with van der Waals surface area (Å²) in [6, 6.07) is 0. The highest BCUT2D eigenvalue weighted by molar-refractivity contribution is 5.72. The van der Waals surface area contributed by atoms with Gasteiger partial charge in [-0.1, -0.05) is 291 Å². The topological polar surface area (TPSA) is 76.1 Å². The molecule has 0 aliphatic carbocycles. The maximum Gasteiger partial charge on any atom is 0.308 e. The van der Waals surface area contributed by atoms with Gasteiger partial charge in [0, 0.05) is 6.61 Å². The van der Waals surface area contributed by atoms with Gasteiger partial charge in [-0.2, -0.15) is 0 Å². The predicted molar refractivity (Wildman–Crippen MR) is 311 cm³/mol. The second-order valence-corrected chi connectivity index (χ2v) is 22.7. The van der Waals surface area contributed by atoms with E-state index in [4.69, 9.17) is 9.47 Å². The number of carbonyl (C=O) groups is 2. The number of nitrogens with zero attached hydrogens (tertiary/aromatic N) is 1. The predicted octanol–water partition coefficient (Wildman–Crippen LogP) is 20.6. The summed E-state index contributed by atoms with van der Waals surface area (Å²) in [6.07, 6.45) is 63.7. The van der Waals surface area contributed by atoms with Crippen LogP contribution in [0.2, 0.25) is 0 Å². The third kappa shape index (κ3) is 52.1. The van der Waals surface area contributed by atoms with Gasteiger partial charge < -0.3 is 19.5 Å². The molecular formula is C65H129NO5. The molecule has 0 saturated carbocycles. The zero-order chi connectivity index (χ0) is 51.6. The lowest BCUT2D eigenvalue weighted by atomic mass is 9.94. The van der Waals surface area contributed by atoms with Crippen molar-refractivity contribution in [1.29, 1.82) is 0 Å². The maximum absolute atomic E-state index is 13.3. The molecule has 6 heteroatoms. The summed E-state index contributed by atoms with van der Waals surface area (Å²) in [5, 5.41) is 9.45. The highest BCUT2D eigenvalue weighted by atomic mass is 16.5.